The van der Waals surface area contributed by atoms with E-state index in [1.807, 2.05) is 4.98 Å². The number of nitrogens with zero attached hydrogens (tertiary/aromatic N) is 2. The Balaban J connectivity index is 3.66. The van der Waals surface area contributed by atoms with E-state index in [9.17, 15) is 25.0 Å². The Morgan fingerprint density at radius 1 is 1.22 bits per heavy atom. The number of ether oxygens (including phenoxy) is 2. The molecule has 0 spiro atoms. The highest BCUT2D eigenvalue weighted by molar-refractivity contribution is 5.56. The van der Waals surface area contributed by atoms with Crippen molar-refractivity contribution in [3.63, 3.8) is 0 Å². The van der Waals surface area contributed by atoms with Gasteiger partial charge in [0.2, 0.25) is 0 Å². The Labute approximate surface area is 99.4 Å². The van der Waals surface area contributed by atoms with Crippen LogP contribution in [0.2, 0.25) is 0 Å². The lowest BCUT2D eigenvalue weighted by molar-refractivity contribution is -0.424. The molecular weight excluding hydrogens is 250 g/mol. The zero-order valence-electron chi connectivity index (χ0n) is 9.41. The van der Waals surface area contributed by atoms with Crippen LogP contribution >= 0.6 is 0 Å². The Morgan fingerprint density at radius 2 is 1.78 bits per heavy atom. The van der Waals surface area contributed by atoms with Crippen LogP contribution in [0.25, 0.3) is 0 Å². The first-order valence-corrected chi connectivity index (χ1v) is 4.54. The SMILES string of the molecule is COC(OC)c1c([N+](=O)[O-])c([N+](=O)[O-])c[nH]c1=O. The monoisotopic (exact) mass is 259 g/mol. The molecule has 0 radical (unpaired) electrons. The number of hydrogen-bond donors (Lipinski definition) is 1. The summed E-state index contributed by atoms with van der Waals surface area (Å²) in [6.07, 6.45) is -0.708. The van der Waals surface area contributed by atoms with E-state index in [2.05, 4.69) is 0 Å². The number of methoxy groups -OCH3 is 2. The quantitative estimate of drug-likeness (QED) is 0.461. The molecule has 10 heteroatoms. The minimum absolute atomic E-state index is 0.556. The first-order valence-electron chi connectivity index (χ1n) is 4.54. The van der Waals surface area contributed by atoms with Crippen molar-refractivity contribution in [2.45, 2.75) is 6.29 Å². The summed E-state index contributed by atoms with van der Waals surface area (Å²) in [6, 6.07) is 0. The summed E-state index contributed by atoms with van der Waals surface area (Å²) in [7, 11) is 2.30. The lowest BCUT2D eigenvalue weighted by atomic mass is 10.2. The summed E-state index contributed by atoms with van der Waals surface area (Å²) in [5.74, 6) is 0. The lowest BCUT2D eigenvalue weighted by Gasteiger charge is -2.12. The maximum atomic E-state index is 11.5. The molecule has 1 rings (SSSR count). The second kappa shape index (κ2) is 5.33. The van der Waals surface area contributed by atoms with Crippen molar-refractivity contribution in [1.82, 2.24) is 4.98 Å². The summed E-state index contributed by atoms with van der Waals surface area (Å²) in [5.41, 5.74) is -3.23. The van der Waals surface area contributed by atoms with Crippen LogP contribution in [-0.2, 0) is 9.47 Å². The number of pyridine rings is 1. The highest BCUT2D eigenvalue weighted by Crippen LogP contribution is 2.32. The average Bonchev–Trinajstić information content (AvgIpc) is 2.31. The molecule has 98 valence electrons. The van der Waals surface area contributed by atoms with Gasteiger partial charge in [-0.2, -0.15) is 0 Å². The second-order valence-corrected chi connectivity index (χ2v) is 3.08. The van der Waals surface area contributed by atoms with Gasteiger partial charge in [-0.1, -0.05) is 0 Å². The van der Waals surface area contributed by atoms with E-state index >= 15 is 0 Å². The lowest BCUT2D eigenvalue weighted by Crippen LogP contribution is -2.21. The van der Waals surface area contributed by atoms with Crippen LogP contribution in [0.4, 0.5) is 11.4 Å². The van der Waals surface area contributed by atoms with Crippen LogP contribution in [0.15, 0.2) is 11.0 Å². The normalized spacial score (nSPS) is 10.6. The molecule has 10 nitrogen and oxygen atoms in total. The predicted octanol–water partition coefficient (Wildman–Crippen LogP) is 0.483. The van der Waals surface area contributed by atoms with Crippen LogP contribution in [0.1, 0.15) is 11.9 Å². The molecule has 0 saturated heterocycles. The molecule has 1 aromatic heterocycles. The van der Waals surface area contributed by atoms with E-state index in [0.717, 1.165) is 14.2 Å². The number of hydrogen-bond acceptors (Lipinski definition) is 7. The number of H-pyrrole nitrogens is 1. The van der Waals surface area contributed by atoms with Crippen molar-refractivity contribution < 1.29 is 19.3 Å². The van der Waals surface area contributed by atoms with Gasteiger partial charge in [-0.25, -0.2) is 0 Å². The maximum Gasteiger partial charge on any atom is 0.362 e. The van der Waals surface area contributed by atoms with Crippen molar-refractivity contribution in [3.8, 4) is 0 Å². The van der Waals surface area contributed by atoms with Gasteiger partial charge in [0.15, 0.2) is 11.9 Å². The highest BCUT2D eigenvalue weighted by atomic mass is 16.7. The van der Waals surface area contributed by atoms with Crippen molar-refractivity contribution in [3.05, 3.63) is 42.3 Å². The predicted molar refractivity (Wildman–Crippen MR) is 57.1 cm³/mol. The van der Waals surface area contributed by atoms with Crippen molar-refractivity contribution >= 4 is 11.4 Å². The van der Waals surface area contributed by atoms with Crippen molar-refractivity contribution in [1.29, 1.82) is 0 Å². The van der Waals surface area contributed by atoms with Crippen LogP contribution in [0, 0.1) is 20.2 Å². The van der Waals surface area contributed by atoms with Gasteiger partial charge >= 0.3 is 11.4 Å². The number of aromatic amines is 1. The molecule has 0 atom stereocenters. The van der Waals surface area contributed by atoms with Crippen LogP contribution in [0.5, 0.6) is 0 Å². The summed E-state index contributed by atoms with van der Waals surface area (Å²) in [6.45, 7) is 0. The molecule has 0 unspecified atom stereocenters. The van der Waals surface area contributed by atoms with E-state index in [1.165, 1.54) is 0 Å². The fraction of sp³-hybridized carbons (Fsp3) is 0.375. The fourth-order valence-electron chi connectivity index (χ4n) is 1.41. The molecule has 0 bridgehead atoms. The largest absolute Gasteiger partial charge is 0.362 e. The standard InChI is InChI=1S/C8H9N3O7/c1-17-8(18-2)5-6(11(15)16)4(10(13)14)3-9-7(5)12/h3,8H,1-2H3,(H,9,12). The highest BCUT2D eigenvalue weighted by Gasteiger charge is 2.35. The first kappa shape index (κ1) is 13.7. The van der Waals surface area contributed by atoms with E-state index < -0.39 is 38.6 Å². The van der Waals surface area contributed by atoms with Gasteiger partial charge in [-0.3, -0.25) is 25.0 Å². The molecule has 18 heavy (non-hydrogen) atoms. The maximum absolute atomic E-state index is 11.5. The fourth-order valence-corrected chi connectivity index (χ4v) is 1.41. The molecule has 0 aromatic carbocycles. The Morgan fingerprint density at radius 3 is 2.17 bits per heavy atom. The second-order valence-electron chi connectivity index (χ2n) is 3.08. The minimum atomic E-state index is -1.37. The third kappa shape index (κ3) is 2.33. The van der Waals surface area contributed by atoms with Crippen molar-refractivity contribution in [2.24, 2.45) is 0 Å². The summed E-state index contributed by atoms with van der Waals surface area (Å²) < 4.78 is 9.45. The summed E-state index contributed by atoms with van der Waals surface area (Å²) in [5, 5.41) is 21.6. The van der Waals surface area contributed by atoms with Gasteiger partial charge in [0, 0.05) is 14.2 Å². The van der Waals surface area contributed by atoms with E-state index in [1.54, 1.807) is 0 Å². The van der Waals surface area contributed by atoms with Gasteiger partial charge in [-0.05, 0) is 0 Å². The molecule has 1 heterocycles. The van der Waals surface area contributed by atoms with Gasteiger partial charge in [-0.15, -0.1) is 0 Å². The zero-order valence-corrected chi connectivity index (χ0v) is 9.41. The van der Waals surface area contributed by atoms with Gasteiger partial charge in [0.1, 0.15) is 0 Å². The number of nitrogens with one attached hydrogen (secondary N) is 1. The van der Waals surface area contributed by atoms with Gasteiger partial charge in [0.25, 0.3) is 5.56 Å². The zero-order chi connectivity index (χ0) is 13.9. The van der Waals surface area contributed by atoms with E-state index in [4.69, 9.17) is 9.47 Å². The average molecular weight is 259 g/mol. The molecule has 0 aliphatic rings. The number of nitro groups is 2. The number of aromatic nitrogens is 1. The minimum Gasteiger partial charge on any atom is -0.351 e. The number of rotatable bonds is 5. The molecule has 0 fully saturated rings. The third-order valence-electron chi connectivity index (χ3n) is 2.13. The molecule has 0 saturated carbocycles. The smallest absolute Gasteiger partial charge is 0.351 e. The molecule has 0 aliphatic carbocycles. The van der Waals surface area contributed by atoms with Crippen LogP contribution in [0.3, 0.4) is 0 Å². The Hall–Kier alpha value is -2.33. The van der Waals surface area contributed by atoms with E-state index in [-0.39, 0.29) is 0 Å². The van der Waals surface area contributed by atoms with Crippen molar-refractivity contribution in [2.75, 3.05) is 14.2 Å². The molecule has 0 amide bonds. The molecule has 1 N–H and O–H groups in total. The Bertz CT molecular complexity index is 534. The topological polar surface area (TPSA) is 138 Å². The summed E-state index contributed by atoms with van der Waals surface area (Å²) in [4.78, 5) is 33.1. The third-order valence-corrected chi connectivity index (χ3v) is 2.13. The first-order chi connectivity index (χ1) is 8.43. The summed E-state index contributed by atoms with van der Waals surface area (Å²) >= 11 is 0. The molecular formula is C8H9N3O7. The van der Waals surface area contributed by atoms with Crippen LogP contribution in [-0.4, -0.2) is 29.1 Å². The van der Waals surface area contributed by atoms with E-state index in [0.29, 0.717) is 6.20 Å². The van der Waals surface area contributed by atoms with Crippen LogP contribution < -0.4 is 5.56 Å². The van der Waals surface area contributed by atoms with Gasteiger partial charge in [0.05, 0.1) is 16.0 Å². The van der Waals surface area contributed by atoms with Gasteiger partial charge < -0.3 is 14.5 Å². The Kier molecular flexibility index (Phi) is 4.07. The molecule has 0 aliphatic heterocycles. The molecule has 1 aromatic rings.